The minimum absolute atomic E-state index is 0.232. The van der Waals surface area contributed by atoms with Crippen molar-refractivity contribution in [3.63, 3.8) is 0 Å². The average molecular weight is 417 g/mol. The number of sulfonamides is 1. The van der Waals surface area contributed by atoms with E-state index in [4.69, 9.17) is 4.74 Å². The summed E-state index contributed by atoms with van der Waals surface area (Å²) in [5.74, 6) is 6.17. The van der Waals surface area contributed by atoms with Crippen molar-refractivity contribution < 1.29 is 13.2 Å². The molecule has 156 valence electrons. The topological polar surface area (TPSA) is 85.6 Å². The van der Waals surface area contributed by atoms with E-state index in [1.54, 1.807) is 4.40 Å². The second-order valence-corrected chi connectivity index (χ2v) is 11.6. The van der Waals surface area contributed by atoms with Crippen LogP contribution in [-0.2, 0) is 10.0 Å². The van der Waals surface area contributed by atoms with Crippen LogP contribution in [0.5, 0.6) is 5.75 Å². The van der Waals surface area contributed by atoms with Gasteiger partial charge in [0.25, 0.3) is 0 Å². The summed E-state index contributed by atoms with van der Waals surface area (Å²) in [5.41, 5.74) is 1.75. The van der Waals surface area contributed by atoms with Gasteiger partial charge in [0.2, 0.25) is 16.0 Å². The molecule has 0 unspecified atom stereocenters. The van der Waals surface area contributed by atoms with E-state index in [0.717, 1.165) is 60.7 Å². The number of ether oxygens (including phenoxy) is 1. The van der Waals surface area contributed by atoms with Crippen molar-refractivity contribution >= 4 is 21.6 Å². The van der Waals surface area contributed by atoms with Crippen molar-refractivity contribution in [3.8, 4) is 5.75 Å². The molecule has 5 atom stereocenters. The van der Waals surface area contributed by atoms with Crippen LogP contribution in [0.2, 0.25) is 0 Å². The van der Waals surface area contributed by atoms with Gasteiger partial charge in [0.15, 0.2) is 5.65 Å². The molecule has 7 nitrogen and oxygen atoms in total. The Balaban J connectivity index is 1.22. The summed E-state index contributed by atoms with van der Waals surface area (Å²) in [5, 5.41) is 8.15. The third kappa shape index (κ3) is 3.20. The van der Waals surface area contributed by atoms with Crippen LogP contribution < -0.4 is 9.46 Å². The molecule has 4 aliphatic carbocycles. The molecule has 6 rings (SSSR count). The minimum Gasteiger partial charge on any atom is -0.493 e. The van der Waals surface area contributed by atoms with Crippen molar-refractivity contribution in [2.24, 2.45) is 29.6 Å². The van der Waals surface area contributed by atoms with Crippen LogP contribution in [-0.4, -0.2) is 35.9 Å². The minimum atomic E-state index is -3.40. The van der Waals surface area contributed by atoms with Crippen LogP contribution in [0, 0.1) is 29.6 Å². The monoisotopic (exact) mass is 416 g/mol. The van der Waals surface area contributed by atoms with Crippen LogP contribution in [0.4, 0.5) is 5.95 Å². The molecule has 4 fully saturated rings. The Morgan fingerprint density at radius 3 is 2.48 bits per heavy atom. The highest BCUT2D eigenvalue weighted by Gasteiger charge is 2.51. The Morgan fingerprint density at radius 1 is 1.10 bits per heavy atom. The van der Waals surface area contributed by atoms with Gasteiger partial charge in [0, 0.05) is 17.8 Å². The Morgan fingerprint density at radius 2 is 1.83 bits per heavy atom. The maximum atomic E-state index is 11.6. The lowest BCUT2D eigenvalue weighted by molar-refractivity contribution is 0.237. The van der Waals surface area contributed by atoms with Gasteiger partial charge in [-0.3, -0.25) is 9.12 Å². The predicted molar refractivity (Wildman–Crippen MR) is 109 cm³/mol. The molecule has 4 aliphatic rings. The zero-order valence-electron chi connectivity index (χ0n) is 16.8. The Hall–Kier alpha value is -1.83. The molecule has 0 saturated heterocycles. The molecule has 8 heteroatoms. The lowest BCUT2D eigenvalue weighted by atomic mass is 9.82. The van der Waals surface area contributed by atoms with Gasteiger partial charge in [-0.1, -0.05) is 0 Å². The summed E-state index contributed by atoms with van der Waals surface area (Å²) in [4.78, 5) is 0. The third-order valence-corrected chi connectivity index (χ3v) is 8.34. The van der Waals surface area contributed by atoms with Gasteiger partial charge in [0.1, 0.15) is 5.75 Å². The quantitative estimate of drug-likeness (QED) is 0.780. The summed E-state index contributed by atoms with van der Waals surface area (Å²) in [6, 6.07) is 1.92. The first kappa shape index (κ1) is 18.0. The zero-order chi connectivity index (χ0) is 19.8. The van der Waals surface area contributed by atoms with E-state index in [1.165, 1.54) is 32.1 Å². The van der Waals surface area contributed by atoms with E-state index in [9.17, 15) is 8.42 Å². The second kappa shape index (κ2) is 6.33. The van der Waals surface area contributed by atoms with Crippen LogP contribution in [0.15, 0.2) is 12.3 Å². The molecule has 0 aromatic carbocycles. The van der Waals surface area contributed by atoms with Crippen molar-refractivity contribution in [3.05, 3.63) is 17.8 Å². The molecular formula is C21H28N4O3S. The van der Waals surface area contributed by atoms with Crippen LogP contribution in [0.25, 0.3) is 5.65 Å². The van der Waals surface area contributed by atoms with Crippen LogP contribution in [0.3, 0.4) is 0 Å². The molecule has 2 heterocycles. The molecule has 2 aromatic heterocycles. The Kier molecular flexibility index (Phi) is 3.93. The molecular weight excluding hydrogens is 388 g/mol. The fourth-order valence-corrected chi connectivity index (χ4v) is 6.94. The molecule has 2 aromatic rings. The van der Waals surface area contributed by atoms with Crippen LogP contribution in [0.1, 0.15) is 56.4 Å². The van der Waals surface area contributed by atoms with Gasteiger partial charge >= 0.3 is 0 Å². The Labute approximate surface area is 171 Å². The molecule has 0 radical (unpaired) electrons. The number of anilines is 1. The molecule has 1 N–H and O–H groups in total. The van der Waals surface area contributed by atoms with E-state index in [0.29, 0.717) is 17.5 Å². The van der Waals surface area contributed by atoms with Gasteiger partial charge < -0.3 is 4.74 Å². The largest absolute Gasteiger partial charge is 0.493 e. The van der Waals surface area contributed by atoms with Crippen LogP contribution >= 0.6 is 0 Å². The molecule has 4 saturated carbocycles. The fraction of sp³-hybridized carbons (Fsp3) is 0.714. The third-order valence-electron chi connectivity index (χ3n) is 7.79. The summed E-state index contributed by atoms with van der Waals surface area (Å²) in [6.45, 7) is 0.783. The number of hydrogen-bond donors (Lipinski definition) is 1. The number of nitrogens with zero attached hydrogens (tertiary/aromatic N) is 3. The highest BCUT2D eigenvalue weighted by Crippen LogP contribution is 2.60. The van der Waals surface area contributed by atoms with Crippen molar-refractivity contribution in [1.29, 1.82) is 0 Å². The van der Waals surface area contributed by atoms with Crippen molar-refractivity contribution in [2.45, 2.75) is 50.9 Å². The standard InChI is InChI=1S/C21H28N4O3S/c1-29(26,27)24-21-23-22-20-9-19(18(10-25(20)21)13-2-3-13)28-11-12-6-16-14-4-5-15(8-14)17(16)7-12/h9-10,12-17H,2-8,11H2,1H3,(H,23,24)/t12-,14+,15-,16-,17+. The maximum absolute atomic E-state index is 11.6. The number of nitrogens with one attached hydrogen (secondary N) is 1. The van der Waals surface area contributed by atoms with E-state index in [2.05, 4.69) is 14.9 Å². The van der Waals surface area contributed by atoms with Crippen molar-refractivity contribution in [2.75, 3.05) is 17.6 Å². The Bertz CT molecular complexity index is 1040. The molecule has 29 heavy (non-hydrogen) atoms. The van der Waals surface area contributed by atoms with E-state index in [1.807, 2.05) is 12.3 Å². The second-order valence-electron chi connectivity index (χ2n) is 9.80. The molecule has 0 aliphatic heterocycles. The van der Waals surface area contributed by atoms with Crippen molar-refractivity contribution in [1.82, 2.24) is 14.6 Å². The number of rotatable bonds is 6. The summed E-state index contributed by atoms with van der Waals surface area (Å²) in [7, 11) is -3.40. The summed E-state index contributed by atoms with van der Waals surface area (Å²) >= 11 is 0. The average Bonchev–Trinajstić information content (AvgIpc) is 3.02. The SMILES string of the molecule is CS(=O)(=O)Nc1nnc2cc(OC[C@@H]3C[C@@H]4[C@H]5CC[C@H](C5)[C@@H]4C3)c(C3CC3)cn12. The van der Waals surface area contributed by atoms with Gasteiger partial charge in [0.05, 0.1) is 12.9 Å². The lowest BCUT2D eigenvalue weighted by Gasteiger charge is -2.23. The molecule has 0 amide bonds. The number of hydrogen-bond acceptors (Lipinski definition) is 5. The van der Waals surface area contributed by atoms with E-state index in [-0.39, 0.29) is 5.95 Å². The van der Waals surface area contributed by atoms with E-state index >= 15 is 0 Å². The first-order chi connectivity index (χ1) is 13.9. The van der Waals surface area contributed by atoms with Gasteiger partial charge in [-0.2, -0.15) is 0 Å². The highest BCUT2D eigenvalue weighted by atomic mass is 32.2. The summed E-state index contributed by atoms with van der Waals surface area (Å²) < 4.78 is 33.8. The summed E-state index contributed by atoms with van der Waals surface area (Å²) in [6.07, 6.45) is 12.4. The molecule has 2 bridgehead atoms. The van der Waals surface area contributed by atoms with Gasteiger partial charge in [-0.15, -0.1) is 10.2 Å². The highest BCUT2D eigenvalue weighted by molar-refractivity contribution is 7.92. The molecule has 0 spiro atoms. The first-order valence-electron chi connectivity index (χ1n) is 10.9. The number of pyridine rings is 1. The number of fused-ring (bicyclic) bond motifs is 6. The first-order valence-corrected chi connectivity index (χ1v) is 12.8. The van der Waals surface area contributed by atoms with Gasteiger partial charge in [-0.25, -0.2) is 8.42 Å². The van der Waals surface area contributed by atoms with E-state index < -0.39 is 10.0 Å². The van der Waals surface area contributed by atoms with Gasteiger partial charge in [-0.05, 0) is 80.5 Å². The maximum Gasteiger partial charge on any atom is 0.242 e. The number of aromatic nitrogens is 3. The lowest BCUT2D eigenvalue weighted by Crippen LogP contribution is -2.15. The smallest absolute Gasteiger partial charge is 0.242 e. The predicted octanol–water partition coefficient (Wildman–Crippen LogP) is 3.43. The zero-order valence-corrected chi connectivity index (χ0v) is 17.6. The normalized spacial score (nSPS) is 33.3. The fourth-order valence-electron chi connectivity index (χ4n) is 6.47.